The van der Waals surface area contributed by atoms with Crippen molar-refractivity contribution in [1.82, 2.24) is 10.3 Å². The van der Waals surface area contributed by atoms with Crippen molar-refractivity contribution < 1.29 is 19.4 Å². The zero-order valence-corrected chi connectivity index (χ0v) is 24.7. The van der Waals surface area contributed by atoms with E-state index in [4.69, 9.17) is 9.47 Å². The monoisotopic (exact) mass is 565 g/mol. The van der Waals surface area contributed by atoms with Crippen LogP contribution in [0.1, 0.15) is 36.7 Å². The fourth-order valence-corrected chi connectivity index (χ4v) is 5.22. The van der Waals surface area contributed by atoms with Crippen LogP contribution in [0.25, 0.3) is 21.8 Å². The molecule has 1 heterocycles. The van der Waals surface area contributed by atoms with Crippen LogP contribution in [0.15, 0.2) is 91.0 Å². The molecule has 0 radical (unpaired) electrons. The number of β-amino-alcohol motifs (C(OH)–C–C–N with tert-alkyl or cyclic N) is 1. The van der Waals surface area contributed by atoms with Crippen LogP contribution in [0.2, 0.25) is 0 Å². The van der Waals surface area contributed by atoms with Gasteiger partial charge in [-0.2, -0.15) is 0 Å². The van der Waals surface area contributed by atoms with Gasteiger partial charge < -0.3 is 29.8 Å². The van der Waals surface area contributed by atoms with Gasteiger partial charge in [0.05, 0.1) is 17.7 Å². The molecule has 1 unspecified atom stereocenters. The Morgan fingerprint density at radius 3 is 2.31 bits per heavy atom. The van der Waals surface area contributed by atoms with Gasteiger partial charge in [-0.15, -0.1) is 0 Å². The number of H-pyrrole nitrogens is 1. The highest BCUT2D eigenvalue weighted by Gasteiger charge is 2.20. The summed E-state index contributed by atoms with van der Waals surface area (Å²) in [5, 5.41) is 16.4. The van der Waals surface area contributed by atoms with E-state index in [1.165, 1.54) is 5.56 Å². The quantitative estimate of drug-likeness (QED) is 0.148. The fourth-order valence-electron chi connectivity index (χ4n) is 5.22. The van der Waals surface area contributed by atoms with Crippen molar-refractivity contribution >= 4 is 39.1 Å². The first-order valence-electron chi connectivity index (χ1n) is 14.4. The van der Waals surface area contributed by atoms with Crippen molar-refractivity contribution in [2.45, 2.75) is 38.8 Å². The third kappa shape index (κ3) is 6.75. The number of carbonyl (C=O) groups is 1. The number of hydrogen-bond acceptors (Lipinski definition) is 6. The Labute approximate surface area is 247 Å². The van der Waals surface area contributed by atoms with E-state index in [9.17, 15) is 9.90 Å². The Kier molecular flexibility index (Phi) is 8.80. The summed E-state index contributed by atoms with van der Waals surface area (Å²) in [6.45, 7) is 7.05. The number of aliphatic hydroxyl groups is 1. The molecule has 218 valence electrons. The third-order valence-corrected chi connectivity index (χ3v) is 7.47. The molecular weight excluding hydrogens is 526 g/mol. The minimum absolute atomic E-state index is 0.198. The van der Waals surface area contributed by atoms with Crippen molar-refractivity contribution in [2.75, 3.05) is 31.7 Å². The SMILES string of the molecule is CCOC(=O)c1ccc(N(C)c2ccc(CC(C)(C)NCC(O)COc3cccc4[nH]c5ccccc5c34)cc2)cc1. The molecule has 7 heteroatoms. The second-order valence-electron chi connectivity index (χ2n) is 11.2. The highest BCUT2D eigenvalue weighted by atomic mass is 16.5. The highest BCUT2D eigenvalue weighted by molar-refractivity contribution is 6.10. The van der Waals surface area contributed by atoms with Gasteiger partial charge in [0.2, 0.25) is 0 Å². The summed E-state index contributed by atoms with van der Waals surface area (Å²) in [5.74, 6) is 0.457. The Morgan fingerprint density at radius 1 is 0.929 bits per heavy atom. The Morgan fingerprint density at radius 2 is 1.60 bits per heavy atom. The Hall–Kier alpha value is -4.33. The zero-order chi connectivity index (χ0) is 29.7. The predicted molar refractivity (Wildman–Crippen MR) is 170 cm³/mol. The molecule has 0 aliphatic carbocycles. The lowest BCUT2D eigenvalue weighted by atomic mass is 9.94. The minimum Gasteiger partial charge on any atom is -0.490 e. The van der Waals surface area contributed by atoms with Crippen molar-refractivity contribution in [2.24, 2.45) is 0 Å². The highest BCUT2D eigenvalue weighted by Crippen LogP contribution is 2.33. The van der Waals surface area contributed by atoms with Crippen molar-refractivity contribution in [3.8, 4) is 5.75 Å². The van der Waals surface area contributed by atoms with E-state index >= 15 is 0 Å². The van der Waals surface area contributed by atoms with Gasteiger partial charge in [0.1, 0.15) is 18.5 Å². The fraction of sp³-hybridized carbons (Fsp3) is 0.286. The number of rotatable bonds is 12. The van der Waals surface area contributed by atoms with Crippen LogP contribution >= 0.6 is 0 Å². The lowest BCUT2D eigenvalue weighted by Crippen LogP contribution is -2.46. The number of nitrogens with zero attached hydrogens (tertiary/aromatic N) is 1. The molecule has 3 N–H and O–H groups in total. The number of anilines is 2. The number of benzene rings is 4. The van der Waals surface area contributed by atoms with Gasteiger partial charge in [-0.05, 0) is 87.4 Å². The van der Waals surface area contributed by atoms with Crippen molar-refractivity contribution in [1.29, 1.82) is 0 Å². The van der Waals surface area contributed by atoms with Gasteiger partial charge in [0, 0.05) is 46.8 Å². The molecule has 0 bridgehead atoms. The standard InChI is InChI=1S/C35H39N3O4/c1-5-41-34(40)25-15-19-27(20-16-25)38(4)26-17-13-24(14-18-26)21-35(2,3)36-22-28(39)23-42-32-12-8-11-31-33(32)29-9-6-7-10-30(29)37-31/h6-20,28,36-37,39H,5,21-23H2,1-4H3. The van der Waals surface area contributed by atoms with Gasteiger partial charge in [0.25, 0.3) is 0 Å². The van der Waals surface area contributed by atoms with Crippen LogP contribution in [-0.4, -0.2) is 54.5 Å². The number of hydrogen-bond donors (Lipinski definition) is 3. The number of aromatic nitrogens is 1. The largest absolute Gasteiger partial charge is 0.490 e. The van der Waals surface area contributed by atoms with Gasteiger partial charge >= 0.3 is 5.97 Å². The summed E-state index contributed by atoms with van der Waals surface area (Å²) in [6.07, 6.45) is 0.143. The van der Waals surface area contributed by atoms with E-state index in [2.05, 4.69) is 65.4 Å². The van der Waals surface area contributed by atoms with Gasteiger partial charge in [-0.25, -0.2) is 4.79 Å². The number of carbonyl (C=O) groups excluding carboxylic acids is 1. The van der Waals surface area contributed by atoms with Crippen LogP contribution in [0.3, 0.4) is 0 Å². The maximum absolute atomic E-state index is 11.9. The molecule has 5 aromatic rings. The molecule has 1 aromatic heterocycles. The van der Waals surface area contributed by atoms with E-state index in [0.717, 1.165) is 45.4 Å². The minimum atomic E-state index is -0.657. The van der Waals surface area contributed by atoms with Gasteiger partial charge in [0.15, 0.2) is 0 Å². The molecule has 0 amide bonds. The Bertz CT molecular complexity index is 1640. The number of ether oxygens (including phenoxy) is 2. The molecule has 0 aliphatic heterocycles. The molecule has 0 spiro atoms. The molecule has 1 atom stereocenters. The zero-order valence-electron chi connectivity index (χ0n) is 24.7. The van der Waals surface area contributed by atoms with Crippen molar-refractivity contribution in [3.05, 3.63) is 102 Å². The number of para-hydroxylation sites is 1. The predicted octanol–water partition coefficient (Wildman–Crippen LogP) is 6.62. The van der Waals surface area contributed by atoms with Crippen LogP contribution < -0.4 is 15.0 Å². The van der Waals surface area contributed by atoms with Crippen LogP contribution in [0.5, 0.6) is 5.75 Å². The van der Waals surface area contributed by atoms with E-state index in [-0.39, 0.29) is 18.1 Å². The lowest BCUT2D eigenvalue weighted by molar-refractivity contribution is 0.0526. The summed E-state index contributed by atoms with van der Waals surface area (Å²) < 4.78 is 11.2. The molecule has 0 aliphatic rings. The first kappa shape index (κ1) is 29.2. The molecule has 42 heavy (non-hydrogen) atoms. The first-order chi connectivity index (χ1) is 20.2. The first-order valence-corrected chi connectivity index (χ1v) is 14.4. The lowest BCUT2D eigenvalue weighted by Gasteiger charge is -2.28. The van der Waals surface area contributed by atoms with Gasteiger partial charge in [-0.3, -0.25) is 0 Å². The van der Waals surface area contributed by atoms with Crippen LogP contribution in [0.4, 0.5) is 11.4 Å². The molecule has 5 rings (SSSR count). The molecular formula is C35H39N3O4. The summed E-state index contributed by atoms with van der Waals surface area (Å²) in [5.41, 5.74) is 5.62. The molecule has 4 aromatic carbocycles. The second-order valence-corrected chi connectivity index (χ2v) is 11.2. The van der Waals surface area contributed by atoms with Crippen molar-refractivity contribution in [3.63, 3.8) is 0 Å². The van der Waals surface area contributed by atoms with Crippen LogP contribution in [0, 0.1) is 0 Å². The number of fused-ring (bicyclic) bond motifs is 3. The summed E-state index contributed by atoms with van der Waals surface area (Å²) in [6, 6.07) is 30.0. The third-order valence-electron chi connectivity index (χ3n) is 7.47. The van der Waals surface area contributed by atoms with E-state index < -0.39 is 6.10 Å². The molecule has 0 saturated heterocycles. The summed E-state index contributed by atoms with van der Waals surface area (Å²) >= 11 is 0. The number of nitrogens with one attached hydrogen (secondary N) is 2. The number of aliphatic hydroxyl groups excluding tert-OH is 1. The molecule has 7 nitrogen and oxygen atoms in total. The maximum atomic E-state index is 11.9. The average molecular weight is 566 g/mol. The Balaban J connectivity index is 1.13. The van der Waals surface area contributed by atoms with Crippen LogP contribution in [-0.2, 0) is 11.2 Å². The number of aromatic amines is 1. The maximum Gasteiger partial charge on any atom is 0.338 e. The summed E-state index contributed by atoms with van der Waals surface area (Å²) in [4.78, 5) is 17.4. The molecule has 0 fully saturated rings. The average Bonchev–Trinajstić information content (AvgIpc) is 3.38. The number of esters is 1. The summed E-state index contributed by atoms with van der Waals surface area (Å²) in [7, 11) is 2.00. The molecule has 0 saturated carbocycles. The topological polar surface area (TPSA) is 86.8 Å². The second kappa shape index (κ2) is 12.7. The normalized spacial score (nSPS) is 12.4. The van der Waals surface area contributed by atoms with E-state index in [0.29, 0.717) is 18.7 Å². The van der Waals surface area contributed by atoms with E-state index in [1.807, 2.05) is 49.5 Å². The smallest absolute Gasteiger partial charge is 0.338 e. The van der Waals surface area contributed by atoms with E-state index in [1.54, 1.807) is 19.1 Å². The van der Waals surface area contributed by atoms with Gasteiger partial charge in [-0.1, -0.05) is 36.4 Å².